The van der Waals surface area contributed by atoms with E-state index in [0.717, 1.165) is 16.7 Å². The fourth-order valence-corrected chi connectivity index (χ4v) is 3.62. The van der Waals surface area contributed by atoms with Crippen molar-refractivity contribution in [2.45, 2.75) is 6.92 Å². The normalized spacial score (nSPS) is 11.0. The molecular formula is C16H11N3O2S2. The summed E-state index contributed by atoms with van der Waals surface area (Å²) in [5.41, 5.74) is 3.91. The first-order valence-electron chi connectivity index (χ1n) is 6.86. The molecule has 0 atom stereocenters. The predicted molar refractivity (Wildman–Crippen MR) is 92.1 cm³/mol. The minimum Gasteiger partial charge on any atom is -0.454 e. The maximum absolute atomic E-state index is 12.2. The number of para-hydroxylation sites is 1. The summed E-state index contributed by atoms with van der Waals surface area (Å²) in [6.07, 6.45) is 0. The van der Waals surface area contributed by atoms with E-state index in [-0.39, 0.29) is 5.91 Å². The van der Waals surface area contributed by atoms with Crippen LogP contribution in [0, 0.1) is 6.92 Å². The summed E-state index contributed by atoms with van der Waals surface area (Å²) in [7, 11) is 0. The molecule has 0 fully saturated rings. The molecule has 0 radical (unpaired) electrons. The van der Waals surface area contributed by atoms with Gasteiger partial charge in [-0.15, -0.1) is 22.7 Å². The van der Waals surface area contributed by atoms with Gasteiger partial charge in [0, 0.05) is 10.8 Å². The van der Waals surface area contributed by atoms with E-state index in [1.807, 2.05) is 42.6 Å². The highest BCUT2D eigenvalue weighted by molar-refractivity contribution is 7.14. The molecule has 1 N–H and O–H groups in total. The number of carbonyl (C=O) groups is 1. The van der Waals surface area contributed by atoms with Crippen molar-refractivity contribution in [2.24, 2.45) is 0 Å². The topological polar surface area (TPSA) is 68.0 Å². The number of fused-ring (bicyclic) bond motifs is 1. The van der Waals surface area contributed by atoms with Crippen molar-refractivity contribution in [3.63, 3.8) is 0 Å². The van der Waals surface area contributed by atoms with Crippen LogP contribution in [0.5, 0.6) is 0 Å². The Kier molecular flexibility index (Phi) is 3.44. The number of nitrogens with one attached hydrogen (secondary N) is 1. The van der Waals surface area contributed by atoms with E-state index in [4.69, 9.17) is 4.42 Å². The molecule has 0 aliphatic heterocycles. The first kappa shape index (κ1) is 14.1. The van der Waals surface area contributed by atoms with Gasteiger partial charge < -0.3 is 4.42 Å². The molecule has 0 saturated carbocycles. The molecule has 4 aromatic rings. The van der Waals surface area contributed by atoms with Crippen LogP contribution in [0.25, 0.3) is 22.4 Å². The number of furan rings is 1. The fraction of sp³-hybridized carbons (Fsp3) is 0.0625. The number of hydrogen-bond acceptors (Lipinski definition) is 6. The van der Waals surface area contributed by atoms with E-state index in [2.05, 4.69) is 15.3 Å². The third-order valence-corrected chi connectivity index (χ3v) is 5.04. The highest BCUT2D eigenvalue weighted by atomic mass is 32.1. The highest BCUT2D eigenvalue weighted by Crippen LogP contribution is 2.30. The summed E-state index contributed by atoms with van der Waals surface area (Å²) in [6.45, 7) is 1.81. The van der Waals surface area contributed by atoms with Crippen molar-refractivity contribution in [3.8, 4) is 11.5 Å². The Morgan fingerprint density at radius 2 is 2.13 bits per heavy atom. The Labute approximate surface area is 139 Å². The van der Waals surface area contributed by atoms with Crippen molar-refractivity contribution in [1.82, 2.24) is 9.97 Å². The van der Waals surface area contributed by atoms with E-state index >= 15 is 0 Å². The Morgan fingerprint density at radius 3 is 2.91 bits per heavy atom. The van der Waals surface area contributed by atoms with Crippen LogP contribution >= 0.6 is 22.7 Å². The lowest BCUT2D eigenvalue weighted by molar-refractivity contribution is 0.103. The summed E-state index contributed by atoms with van der Waals surface area (Å²) >= 11 is 2.69. The first-order valence-corrected chi connectivity index (χ1v) is 8.62. The van der Waals surface area contributed by atoms with Gasteiger partial charge in [-0.05, 0) is 19.1 Å². The lowest BCUT2D eigenvalue weighted by Gasteiger charge is -1.98. The molecule has 3 aromatic heterocycles. The molecule has 0 aliphatic rings. The number of aromatic nitrogens is 2. The Bertz CT molecular complexity index is 967. The second-order valence-corrected chi connectivity index (χ2v) is 6.62. The lowest BCUT2D eigenvalue weighted by Crippen LogP contribution is -2.11. The Balaban J connectivity index is 1.59. The van der Waals surface area contributed by atoms with Crippen LogP contribution < -0.4 is 5.32 Å². The summed E-state index contributed by atoms with van der Waals surface area (Å²) in [6, 6.07) is 9.75. The summed E-state index contributed by atoms with van der Waals surface area (Å²) in [5.74, 6) is 0.507. The van der Waals surface area contributed by atoms with Gasteiger partial charge in [0.2, 0.25) is 0 Å². The van der Waals surface area contributed by atoms with E-state index in [1.165, 1.54) is 22.7 Å². The number of thiazole rings is 2. The smallest absolute Gasteiger partial charge is 0.269 e. The molecule has 0 spiro atoms. The van der Waals surface area contributed by atoms with Gasteiger partial charge in [0.15, 0.2) is 10.9 Å². The van der Waals surface area contributed by atoms with Gasteiger partial charge >= 0.3 is 0 Å². The maximum atomic E-state index is 12.2. The quantitative estimate of drug-likeness (QED) is 0.592. The standard InChI is InChI=1S/C16H11N3O2S2/c1-9-14(23-8-17-9)15(20)19-16-18-11(7-22-16)13-6-10-4-2-3-5-12(10)21-13/h2-8H,1H3,(H,18,19,20). The molecule has 0 unspecified atom stereocenters. The molecule has 23 heavy (non-hydrogen) atoms. The molecule has 5 nitrogen and oxygen atoms in total. The average molecular weight is 341 g/mol. The zero-order chi connectivity index (χ0) is 15.8. The van der Waals surface area contributed by atoms with Crippen molar-refractivity contribution >= 4 is 44.7 Å². The number of hydrogen-bond donors (Lipinski definition) is 1. The van der Waals surface area contributed by atoms with Gasteiger partial charge in [0.05, 0.1) is 11.2 Å². The maximum Gasteiger partial charge on any atom is 0.269 e. The van der Waals surface area contributed by atoms with Crippen LogP contribution in [-0.4, -0.2) is 15.9 Å². The van der Waals surface area contributed by atoms with E-state index in [0.29, 0.717) is 21.5 Å². The minimum absolute atomic E-state index is 0.185. The number of nitrogens with zero attached hydrogens (tertiary/aromatic N) is 2. The average Bonchev–Trinajstić information content (AvgIpc) is 3.25. The van der Waals surface area contributed by atoms with E-state index in [1.54, 1.807) is 5.51 Å². The zero-order valence-corrected chi connectivity index (χ0v) is 13.7. The Hall–Kier alpha value is -2.51. The highest BCUT2D eigenvalue weighted by Gasteiger charge is 2.15. The van der Waals surface area contributed by atoms with Crippen LogP contribution in [0.1, 0.15) is 15.4 Å². The molecule has 1 amide bonds. The summed E-state index contributed by atoms with van der Waals surface area (Å²) < 4.78 is 5.79. The molecule has 0 aliphatic carbocycles. The molecule has 4 rings (SSSR count). The van der Waals surface area contributed by atoms with Crippen molar-refractivity contribution < 1.29 is 9.21 Å². The van der Waals surface area contributed by atoms with Gasteiger partial charge in [-0.2, -0.15) is 0 Å². The van der Waals surface area contributed by atoms with Crippen LogP contribution in [-0.2, 0) is 0 Å². The third kappa shape index (κ3) is 2.64. The van der Waals surface area contributed by atoms with E-state index in [9.17, 15) is 4.79 Å². The largest absolute Gasteiger partial charge is 0.454 e. The summed E-state index contributed by atoms with van der Waals surface area (Å²) in [4.78, 5) is 21.3. The van der Waals surface area contributed by atoms with Crippen molar-refractivity contribution in [2.75, 3.05) is 5.32 Å². The monoisotopic (exact) mass is 341 g/mol. The molecular weight excluding hydrogens is 330 g/mol. The second kappa shape index (κ2) is 5.60. The van der Waals surface area contributed by atoms with Crippen LogP contribution in [0.2, 0.25) is 0 Å². The molecule has 3 heterocycles. The van der Waals surface area contributed by atoms with Gasteiger partial charge in [-0.1, -0.05) is 18.2 Å². The first-order chi connectivity index (χ1) is 11.2. The van der Waals surface area contributed by atoms with Gasteiger partial charge in [-0.25, -0.2) is 9.97 Å². The molecule has 0 saturated heterocycles. The van der Waals surface area contributed by atoms with Crippen molar-refractivity contribution in [3.05, 3.63) is 51.8 Å². The number of anilines is 1. The molecule has 1 aromatic carbocycles. The number of carbonyl (C=O) groups excluding carboxylic acids is 1. The second-order valence-electron chi connectivity index (χ2n) is 4.91. The van der Waals surface area contributed by atoms with Crippen molar-refractivity contribution in [1.29, 1.82) is 0 Å². The lowest BCUT2D eigenvalue weighted by atomic mass is 10.2. The van der Waals surface area contributed by atoms with Gasteiger partial charge in [0.25, 0.3) is 5.91 Å². The molecule has 114 valence electrons. The SMILES string of the molecule is Cc1ncsc1C(=O)Nc1nc(-c2cc3ccccc3o2)cs1. The fourth-order valence-electron chi connectivity index (χ4n) is 2.23. The van der Waals surface area contributed by atoms with E-state index < -0.39 is 0 Å². The summed E-state index contributed by atoms with van der Waals surface area (Å²) in [5, 5.41) is 6.24. The van der Waals surface area contributed by atoms with Crippen LogP contribution in [0.15, 0.2) is 45.6 Å². The molecule has 0 bridgehead atoms. The van der Waals surface area contributed by atoms with Gasteiger partial charge in [-0.3, -0.25) is 10.1 Å². The number of amides is 1. The predicted octanol–water partition coefficient (Wildman–Crippen LogP) is 4.57. The van der Waals surface area contributed by atoms with Gasteiger partial charge in [0.1, 0.15) is 16.2 Å². The van der Waals surface area contributed by atoms with Crippen LogP contribution in [0.4, 0.5) is 5.13 Å². The Morgan fingerprint density at radius 1 is 1.26 bits per heavy atom. The number of benzene rings is 1. The minimum atomic E-state index is -0.185. The number of rotatable bonds is 3. The molecule has 7 heteroatoms. The number of aryl methyl sites for hydroxylation is 1. The third-order valence-electron chi connectivity index (χ3n) is 3.35. The zero-order valence-electron chi connectivity index (χ0n) is 12.1. The van der Waals surface area contributed by atoms with Crippen LogP contribution in [0.3, 0.4) is 0 Å².